The van der Waals surface area contributed by atoms with Gasteiger partial charge in [0.15, 0.2) is 0 Å². The van der Waals surface area contributed by atoms with E-state index in [-0.39, 0.29) is 11.7 Å². The standard InChI is InChI=1S/C17H17ClN2O3/c1-23-13-9-8-12(17(21)22)15-16(13)20(18)14(19-15)10-7-11-5-3-2-4-6-11/h2-6,8-9,14,19H,7,10H2,1H3,(H,21,22). The molecule has 1 aliphatic heterocycles. The molecular weight excluding hydrogens is 316 g/mol. The largest absolute Gasteiger partial charge is 0.494 e. The number of carboxylic acid groups (broad SMARTS) is 1. The molecule has 0 aromatic heterocycles. The molecule has 3 rings (SSSR count). The molecule has 0 amide bonds. The Labute approximate surface area is 139 Å². The van der Waals surface area contributed by atoms with Gasteiger partial charge in [-0.15, -0.1) is 0 Å². The number of hydrogen-bond acceptors (Lipinski definition) is 4. The lowest BCUT2D eigenvalue weighted by atomic mass is 10.1. The van der Waals surface area contributed by atoms with Crippen LogP contribution in [0.15, 0.2) is 42.5 Å². The van der Waals surface area contributed by atoms with E-state index < -0.39 is 5.97 Å². The average Bonchev–Trinajstić information content (AvgIpc) is 2.90. The topological polar surface area (TPSA) is 61.8 Å². The van der Waals surface area contributed by atoms with E-state index in [1.807, 2.05) is 18.2 Å². The van der Waals surface area contributed by atoms with Gasteiger partial charge < -0.3 is 15.2 Å². The summed E-state index contributed by atoms with van der Waals surface area (Å²) >= 11 is 6.43. The lowest BCUT2D eigenvalue weighted by molar-refractivity contribution is 0.0698. The Hall–Kier alpha value is -2.40. The third-order valence-corrected chi connectivity index (χ3v) is 4.34. The highest BCUT2D eigenvalue weighted by atomic mass is 35.5. The number of methoxy groups -OCH3 is 1. The molecule has 2 aromatic rings. The molecule has 0 saturated heterocycles. The first-order valence-corrected chi connectivity index (χ1v) is 7.65. The number of nitrogens with zero attached hydrogens (tertiary/aromatic N) is 1. The predicted octanol–water partition coefficient (Wildman–Crippen LogP) is 3.74. The number of ether oxygens (including phenoxy) is 1. The number of benzene rings is 2. The number of aryl methyl sites for hydroxylation is 1. The zero-order chi connectivity index (χ0) is 16.4. The molecule has 2 aromatic carbocycles. The predicted molar refractivity (Wildman–Crippen MR) is 90.5 cm³/mol. The van der Waals surface area contributed by atoms with Crippen LogP contribution in [0.25, 0.3) is 0 Å². The van der Waals surface area contributed by atoms with Gasteiger partial charge in [0.05, 0.1) is 18.4 Å². The molecule has 5 nitrogen and oxygen atoms in total. The maximum absolute atomic E-state index is 11.4. The Morgan fingerprint density at radius 2 is 2.04 bits per heavy atom. The second-order valence-corrected chi connectivity index (χ2v) is 5.70. The quantitative estimate of drug-likeness (QED) is 0.817. The molecule has 1 unspecified atom stereocenters. The molecule has 1 aliphatic rings. The van der Waals surface area contributed by atoms with Crippen molar-refractivity contribution < 1.29 is 14.6 Å². The molecule has 0 fully saturated rings. The van der Waals surface area contributed by atoms with Crippen molar-refractivity contribution in [3.63, 3.8) is 0 Å². The minimum Gasteiger partial charge on any atom is -0.494 e. The van der Waals surface area contributed by atoms with Gasteiger partial charge in [0.1, 0.15) is 17.6 Å². The molecule has 0 bridgehead atoms. The monoisotopic (exact) mass is 332 g/mol. The number of aromatic carboxylic acids is 1. The molecule has 23 heavy (non-hydrogen) atoms. The van der Waals surface area contributed by atoms with Crippen molar-refractivity contribution in [1.29, 1.82) is 0 Å². The highest BCUT2D eigenvalue weighted by Gasteiger charge is 2.34. The fraction of sp³-hybridized carbons (Fsp3) is 0.235. The zero-order valence-electron chi connectivity index (χ0n) is 12.6. The van der Waals surface area contributed by atoms with E-state index in [1.54, 1.807) is 6.07 Å². The Morgan fingerprint density at radius 1 is 1.30 bits per heavy atom. The molecule has 1 atom stereocenters. The summed E-state index contributed by atoms with van der Waals surface area (Å²) in [6, 6.07) is 13.2. The van der Waals surface area contributed by atoms with Crippen LogP contribution in [0.2, 0.25) is 0 Å². The molecule has 0 saturated carbocycles. The summed E-state index contributed by atoms with van der Waals surface area (Å²) in [4.78, 5) is 11.4. The highest BCUT2D eigenvalue weighted by molar-refractivity contribution is 6.29. The van der Waals surface area contributed by atoms with Gasteiger partial charge in [0, 0.05) is 11.8 Å². The number of anilines is 2. The van der Waals surface area contributed by atoms with Crippen LogP contribution in [0.3, 0.4) is 0 Å². The summed E-state index contributed by atoms with van der Waals surface area (Å²) in [7, 11) is 1.54. The Morgan fingerprint density at radius 3 is 2.70 bits per heavy atom. The van der Waals surface area contributed by atoms with Gasteiger partial charge in [-0.2, -0.15) is 0 Å². The first-order chi connectivity index (χ1) is 11.1. The van der Waals surface area contributed by atoms with Crippen LogP contribution in [0.5, 0.6) is 5.75 Å². The number of halogens is 1. The third-order valence-electron chi connectivity index (χ3n) is 3.94. The maximum atomic E-state index is 11.4. The highest BCUT2D eigenvalue weighted by Crippen LogP contribution is 2.46. The molecule has 0 aliphatic carbocycles. The van der Waals surface area contributed by atoms with Crippen LogP contribution in [0.4, 0.5) is 11.4 Å². The summed E-state index contributed by atoms with van der Waals surface area (Å²) in [5.41, 5.74) is 2.48. The normalized spacial score (nSPS) is 15.9. The lowest BCUT2D eigenvalue weighted by Crippen LogP contribution is -2.28. The van der Waals surface area contributed by atoms with Crippen molar-refractivity contribution in [2.45, 2.75) is 19.0 Å². The summed E-state index contributed by atoms with van der Waals surface area (Å²) in [6.45, 7) is 0. The molecule has 0 spiro atoms. The first-order valence-electron chi connectivity index (χ1n) is 7.31. The van der Waals surface area contributed by atoms with Crippen molar-refractivity contribution in [1.82, 2.24) is 0 Å². The van der Waals surface area contributed by atoms with Gasteiger partial charge in [-0.05, 0) is 30.5 Å². The Kier molecular flexibility index (Phi) is 4.30. The zero-order valence-corrected chi connectivity index (χ0v) is 13.4. The first kappa shape index (κ1) is 15.5. The van der Waals surface area contributed by atoms with Crippen LogP contribution in [0.1, 0.15) is 22.3 Å². The minimum absolute atomic E-state index is 0.189. The molecule has 0 radical (unpaired) electrons. The van der Waals surface area contributed by atoms with Gasteiger partial charge in [0.25, 0.3) is 0 Å². The smallest absolute Gasteiger partial charge is 0.337 e. The van der Waals surface area contributed by atoms with E-state index in [9.17, 15) is 9.90 Å². The summed E-state index contributed by atoms with van der Waals surface area (Å²) < 4.78 is 6.85. The van der Waals surface area contributed by atoms with Gasteiger partial charge >= 0.3 is 5.97 Å². The number of carbonyl (C=O) groups is 1. The number of hydrogen-bond donors (Lipinski definition) is 2. The summed E-state index contributed by atoms with van der Waals surface area (Å²) in [5, 5.41) is 12.6. The van der Waals surface area contributed by atoms with E-state index in [0.717, 1.165) is 12.8 Å². The summed E-state index contributed by atoms with van der Waals surface area (Å²) in [5.74, 6) is -0.445. The van der Waals surface area contributed by atoms with Gasteiger partial charge in [-0.25, -0.2) is 4.79 Å². The van der Waals surface area contributed by atoms with Crippen molar-refractivity contribution >= 4 is 29.1 Å². The van der Waals surface area contributed by atoms with Crippen LogP contribution in [0, 0.1) is 0 Å². The van der Waals surface area contributed by atoms with Crippen LogP contribution in [-0.2, 0) is 6.42 Å². The van der Waals surface area contributed by atoms with Crippen molar-refractivity contribution in [3.05, 3.63) is 53.6 Å². The number of fused-ring (bicyclic) bond motifs is 1. The third kappa shape index (κ3) is 2.92. The molecule has 6 heteroatoms. The molecule has 1 heterocycles. The fourth-order valence-electron chi connectivity index (χ4n) is 2.79. The average molecular weight is 333 g/mol. The number of carboxylic acids is 1. The van der Waals surface area contributed by atoms with Crippen molar-refractivity contribution in [2.75, 3.05) is 16.8 Å². The van der Waals surface area contributed by atoms with Crippen molar-refractivity contribution in [3.8, 4) is 5.75 Å². The second-order valence-electron chi connectivity index (χ2n) is 5.34. The van der Waals surface area contributed by atoms with Gasteiger partial charge in [0.2, 0.25) is 0 Å². The van der Waals surface area contributed by atoms with Crippen LogP contribution in [-0.4, -0.2) is 24.4 Å². The van der Waals surface area contributed by atoms with Gasteiger partial charge in [-0.3, -0.25) is 4.42 Å². The van der Waals surface area contributed by atoms with Gasteiger partial charge in [-0.1, -0.05) is 30.3 Å². The Bertz CT molecular complexity index is 721. The SMILES string of the molecule is COc1ccc(C(=O)O)c2c1N(Cl)C(CCc1ccccc1)N2. The van der Waals surface area contributed by atoms with E-state index in [4.69, 9.17) is 16.5 Å². The van der Waals surface area contributed by atoms with Crippen LogP contribution < -0.4 is 14.5 Å². The van der Waals surface area contributed by atoms with E-state index in [0.29, 0.717) is 17.1 Å². The van der Waals surface area contributed by atoms with E-state index >= 15 is 0 Å². The minimum atomic E-state index is -0.995. The molecular formula is C17H17ClN2O3. The van der Waals surface area contributed by atoms with Crippen LogP contribution >= 0.6 is 11.8 Å². The molecule has 120 valence electrons. The second kappa shape index (κ2) is 6.38. The van der Waals surface area contributed by atoms with E-state index in [1.165, 1.54) is 23.2 Å². The Balaban J connectivity index is 1.84. The van der Waals surface area contributed by atoms with E-state index in [2.05, 4.69) is 17.4 Å². The molecule has 2 N–H and O–H groups in total. The lowest BCUT2D eigenvalue weighted by Gasteiger charge is -2.19. The van der Waals surface area contributed by atoms with Crippen molar-refractivity contribution in [2.24, 2.45) is 0 Å². The summed E-state index contributed by atoms with van der Waals surface area (Å²) in [6.07, 6.45) is 1.38. The number of nitrogens with one attached hydrogen (secondary N) is 1. The maximum Gasteiger partial charge on any atom is 0.337 e. The number of rotatable bonds is 5. The fourth-order valence-corrected chi connectivity index (χ4v) is 3.10.